The number of fused-ring (bicyclic) bond motifs is 1. The van der Waals surface area contributed by atoms with Crippen LogP contribution in [-0.4, -0.2) is 43.0 Å². The molecule has 0 aliphatic rings. The summed E-state index contributed by atoms with van der Waals surface area (Å²) in [7, 11) is 1.52. The Morgan fingerprint density at radius 1 is 1.15 bits per heavy atom. The summed E-state index contributed by atoms with van der Waals surface area (Å²) in [6.07, 6.45) is 1.99. The van der Waals surface area contributed by atoms with E-state index in [2.05, 4.69) is 9.97 Å². The maximum absolute atomic E-state index is 12.7. The normalized spacial score (nSPS) is 11.7. The van der Waals surface area contributed by atoms with Crippen molar-refractivity contribution in [2.75, 3.05) is 7.05 Å². The number of ether oxygens (including phenoxy) is 1. The molecule has 4 aromatic rings. The first-order chi connectivity index (χ1) is 15.7. The van der Waals surface area contributed by atoms with Crippen LogP contribution in [0.4, 0.5) is 13.2 Å². The maximum Gasteiger partial charge on any atom is 0.406 e. The number of carbonyl (C=O) groups excluding carboxylic acids is 1. The van der Waals surface area contributed by atoms with Crippen molar-refractivity contribution in [1.29, 1.82) is 0 Å². The van der Waals surface area contributed by atoms with Crippen LogP contribution < -0.4 is 4.74 Å². The van der Waals surface area contributed by atoms with Gasteiger partial charge in [-0.25, -0.2) is 9.97 Å². The van der Waals surface area contributed by atoms with E-state index in [0.717, 1.165) is 21.5 Å². The number of nitrogens with zero attached hydrogens (tertiary/aromatic N) is 5. The van der Waals surface area contributed by atoms with E-state index in [1.165, 1.54) is 24.3 Å². The monoisotopic (exact) mass is 457 g/mol. The molecule has 0 spiro atoms. The third-order valence-corrected chi connectivity index (χ3v) is 5.09. The van der Waals surface area contributed by atoms with Gasteiger partial charge in [0.25, 0.3) is 5.91 Å². The number of aromatic nitrogens is 4. The first-order valence-electron chi connectivity index (χ1n) is 10.2. The molecule has 0 N–H and O–H groups in total. The number of halogens is 3. The number of benzene rings is 1. The van der Waals surface area contributed by atoms with Gasteiger partial charge in [0.15, 0.2) is 0 Å². The Kier molecular flexibility index (Phi) is 6.08. The molecule has 0 aliphatic heterocycles. The highest BCUT2D eigenvalue weighted by Gasteiger charge is 2.29. The lowest BCUT2D eigenvalue weighted by molar-refractivity contribution is -0.141. The highest BCUT2D eigenvalue weighted by Crippen LogP contribution is 2.20. The molecule has 0 saturated heterocycles. The molecule has 1 aromatic carbocycles. The van der Waals surface area contributed by atoms with Gasteiger partial charge in [-0.3, -0.25) is 4.79 Å². The number of aryl methyl sites for hydroxylation is 1. The number of hydrogen-bond acceptors (Lipinski definition) is 4. The maximum atomic E-state index is 12.7. The summed E-state index contributed by atoms with van der Waals surface area (Å²) in [4.78, 5) is 22.5. The highest BCUT2D eigenvalue weighted by atomic mass is 19.4. The van der Waals surface area contributed by atoms with Crippen molar-refractivity contribution in [3.8, 4) is 5.75 Å². The second-order valence-corrected chi connectivity index (χ2v) is 7.72. The lowest BCUT2D eigenvalue weighted by atomic mass is 10.2. The smallest absolute Gasteiger partial charge is 0.406 e. The molecule has 1 amide bonds. The van der Waals surface area contributed by atoms with Gasteiger partial charge in [0, 0.05) is 37.4 Å². The largest absolute Gasteiger partial charge is 0.487 e. The van der Waals surface area contributed by atoms with Gasteiger partial charge in [0.05, 0.1) is 12.2 Å². The Morgan fingerprint density at radius 2 is 1.91 bits per heavy atom. The van der Waals surface area contributed by atoms with E-state index < -0.39 is 12.7 Å². The van der Waals surface area contributed by atoms with Gasteiger partial charge in [0.2, 0.25) is 0 Å². The van der Waals surface area contributed by atoms with Gasteiger partial charge in [-0.1, -0.05) is 6.07 Å². The molecule has 0 unspecified atom stereocenters. The van der Waals surface area contributed by atoms with E-state index >= 15 is 0 Å². The molecule has 3 aromatic heterocycles. The van der Waals surface area contributed by atoms with Crippen LogP contribution in [0.2, 0.25) is 0 Å². The van der Waals surface area contributed by atoms with Crippen molar-refractivity contribution in [2.45, 2.75) is 32.8 Å². The fraction of sp³-hybridized carbons (Fsp3) is 0.261. The van der Waals surface area contributed by atoms with Crippen LogP contribution in [0.25, 0.3) is 5.65 Å². The zero-order valence-electron chi connectivity index (χ0n) is 18.1. The molecular formula is C23H22F3N5O2. The summed E-state index contributed by atoms with van der Waals surface area (Å²) in [5.74, 6) is 0.397. The van der Waals surface area contributed by atoms with Crippen LogP contribution in [0.5, 0.6) is 5.75 Å². The number of amides is 1. The lowest BCUT2D eigenvalue weighted by Crippen LogP contribution is -2.29. The number of pyridine rings is 1. The molecule has 0 bridgehead atoms. The molecule has 0 fully saturated rings. The van der Waals surface area contributed by atoms with Crippen molar-refractivity contribution >= 4 is 11.6 Å². The van der Waals surface area contributed by atoms with E-state index in [9.17, 15) is 18.0 Å². The fourth-order valence-electron chi connectivity index (χ4n) is 3.46. The van der Waals surface area contributed by atoms with Gasteiger partial charge < -0.3 is 18.6 Å². The van der Waals surface area contributed by atoms with Crippen LogP contribution >= 0.6 is 0 Å². The molecule has 0 atom stereocenters. The Bertz CT molecular complexity index is 1260. The topological polar surface area (TPSA) is 64.7 Å². The van der Waals surface area contributed by atoms with Gasteiger partial charge >= 0.3 is 6.18 Å². The predicted molar refractivity (Wildman–Crippen MR) is 115 cm³/mol. The summed E-state index contributed by atoms with van der Waals surface area (Å²) >= 11 is 0. The third-order valence-electron chi connectivity index (χ3n) is 5.09. The molecule has 0 radical (unpaired) electrons. The van der Waals surface area contributed by atoms with Crippen molar-refractivity contribution in [2.24, 2.45) is 0 Å². The van der Waals surface area contributed by atoms with Gasteiger partial charge in [0.1, 0.15) is 30.4 Å². The predicted octanol–water partition coefficient (Wildman–Crippen LogP) is 4.25. The molecule has 4 rings (SSSR count). The zero-order chi connectivity index (χ0) is 23.6. The minimum atomic E-state index is -4.37. The first-order valence-corrected chi connectivity index (χ1v) is 10.2. The molecule has 172 valence electrons. The van der Waals surface area contributed by atoms with Crippen LogP contribution in [-0.2, 0) is 19.7 Å². The Labute approximate surface area is 188 Å². The minimum Gasteiger partial charge on any atom is -0.487 e. The summed E-state index contributed by atoms with van der Waals surface area (Å²) in [6.45, 7) is 1.06. The van der Waals surface area contributed by atoms with Crippen LogP contribution in [0.1, 0.15) is 27.4 Å². The summed E-state index contributed by atoms with van der Waals surface area (Å²) < 4.78 is 46.8. The number of rotatable bonds is 7. The molecule has 0 saturated carbocycles. The number of carbonyl (C=O) groups is 1. The number of hydrogen-bond donors (Lipinski definition) is 0. The zero-order valence-corrected chi connectivity index (χ0v) is 18.1. The van der Waals surface area contributed by atoms with E-state index in [-0.39, 0.29) is 24.9 Å². The second kappa shape index (κ2) is 8.97. The van der Waals surface area contributed by atoms with Gasteiger partial charge in [-0.15, -0.1) is 0 Å². The van der Waals surface area contributed by atoms with Gasteiger partial charge in [-0.2, -0.15) is 13.2 Å². The molecule has 10 heteroatoms. The highest BCUT2D eigenvalue weighted by molar-refractivity contribution is 5.94. The van der Waals surface area contributed by atoms with Crippen molar-refractivity contribution in [3.63, 3.8) is 0 Å². The van der Waals surface area contributed by atoms with E-state index in [4.69, 9.17) is 4.74 Å². The number of imidazole rings is 2. The van der Waals surface area contributed by atoms with E-state index in [0.29, 0.717) is 11.3 Å². The summed E-state index contributed by atoms with van der Waals surface area (Å²) in [5.41, 5.74) is 3.10. The SMILES string of the molecule is Cc1cccn2cc(COc3ccc(C(=O)N(C)Cc4nccn4CC(F)(F)F)cc3)nc12. The van der Waals surface area contributed by atoms with Crippen molar-refractivity contribution in [1.82, 2.24) is 23.8 Å². The molecule has 3 heterocycles. The first kappa shape index (κ1) is 22.4. The minimum absolute atomic E-state index is 0.0481. The van der Waals surface area contributed by atoms with E-state index in [1.807, 2.05) is 35.9 Å². The number of alkyl halides is 3. The standard InChI is InChI=1S/C23H22F3N5O2/c1-16-4-3-10-30-12-18(28-21(16)30)14-33-19-7-5-17(6-8-19)22(32)29(2)13-20-27-9-11-31(20)15-23(24,25)26/h3-12H,13-15H2,1-2H3. The quantitative estimate of drug-likeness (QED) is 0.416. The average Bonchev–Trinajstić information content (AvgIpc) is 3.38. The van der Waals surface area contributed by atoms with Gasteiger partial charge in [-0.05, 0) is 42.8 Å². The molecule has 33 heavy (non-hydrogen) atoms. The second-order valence-electron chi connectivity index (χ2n) is 7.72. The summed E-state index contributed by atoms with van der Waals surface area (Å²) in [6, 6.07) is 10.5. The van der Waals surface area contributed by atoms with Crippen LogP contribution in [0.3, 0.4) is 0 Å². The van der Waals surface area contributed by atoms with Crippen molar-refractivity contribution in [3.05, 3.63) is 83.8 Å². The molecule has 0 aliphatic carbocycles. The Hall–Kier alpha value is -3.82. The van der Waals surface area contributed by atoms with Crippen LogP contribution in [0.15, 0.2) is 61.2 Å². The average molecular weight is 457 g/mol. The summed E-state index contributed by atoms with van der Waals surface area (Å²) in [5, 5.41) is 0. The molecular weight excluding hydrogens is 435 g/mol. The molecule has 7 nitrogen and oxygen atoms in total. The van der Waals surface area contributed by atoms with E-state index in [1.54, 1.807) is 24.3 Å². The third kappa shape index (κ3) is 5.33. The Balaban J connectivity index is 1.36. The van der Waals surface area contributed by atoms with Crippen molar-refractivity contribution < 1.29 is 22.7 Å². The lowest BCUT2D eigenvalue weighted by Gasteiger charge is -2.18. The van der Waals surface area contributed by atoms with Crippen LogP contribution in [0, 0.1) is 6.92 Å². The fourth-order valence-corrected chi connectivity index (χ4v) is 3.46. The Morgan fingerprint density at radius 3 is 2.61 bits per heavy atom.